The highest BCUT2D eigenvalue weighted by Gasteiger charge is 2.21. The summed E-state index contributed by atoms with van der Waals surface area (Å²) in [6.45, 7) is 1.92. The Labute approximate surface area is 215 Å². The van der Waals surface area contributed by atoms with Gasteiger partial charge < -0.3 is 25.2 Å². The Balaban J connectivity index is 1.68. The van der Waals surface area contributed by atoms with E-state index in [1.165, 1.54) is 19.2 Å². The van der Waals surface area contributed by atoms with Crippen LogP contribution in [-0.4, -0.2) is 38.2 Å². The van der Waals surface area contributed by atoms with Gasteiger partial charge in [0.25, 0.3) is 5.91 Å². The first-order chi connectivity index (χ1) is 17.9. The van der Waals surface area contributed by atoms with Crippen LogP contribution in [0.4, 0.5) is 21.6 Å². The van der Waals surface area contributed by atoms with Gasteiger partial charge in [0.15, 0.2) is 5.82 Å². The average Bonchev–Trinajstić information content (AvgIpc) is 3.32. The fraction of sp³-hybridized carbons (Fsp3) is 0.160. The van der Waals surface area contributed by atoms with Gasteiger partial charge in [-0.3, -0.25) is 9.89 Å². The highest BCUT2D eigenvalue weighted by molar-refractivity contribution is 7.86. The van der Waals surface area contributed by atoms with E-state index in [-0.39, 0.29) is 23.8 Å². The molecule has 10 nitrogen and oxygen atoms in total. The monoisotopic (exact) mass is 524 g/mol. The summed E-state index contributed by atoms with van der Waals surface area (Å²) in [6.07, 6.45) is 1.55. The van der Waals surface area contributed by atoms with Gasteiger partial charge in [-0.15, -0.1) is 0 Å². The van der Waals surface area contributed by atoms with Crippen LogP contribution in [0, 0.1) is 5.82 Å². The molecule has 37 heavy (non-hydrogen) atoms. The maximum atomic E-state index is 13.3. The van der Waals surface area contributed by atoms with Crippen LogP contribution in [0.15, 0.2) is 60.8 Å². The lowest BCUT2D eigenvalue weighted by Gasteiger charge is -2.14. The number of methoxy groups -OCH3 is 1. The molecule has 0 spiro atoms. The van der Waals surface area contributed by atoms with E-state index in [4.69, 9.17) is 15.2 Å². The quantitative estimate of drug-likeness (QED) is 0.231. The molecule has 0 fully saturated rings. The Morgan fingerprint density at radius 3 is 2.65 bits per heavy atom. The van der Waals surface area contributed by atoms with Crippen molar-refractivity contribution in [3.05, 3.63) is 77.7 Å². The van der Waals surface area contributed by atoms with Crippen molar-refractivity contribution in [2.75, 3.05) is 22.9 Å². The molecule has 0 aliphatic heterocycles. The molecule has 0 radical (unpaired) electrons. The van der Waals surface area contributed by atoms with Crippen molar-refractivity contribution >= 4 is 34.1 Å². The molecule has 2 aromatic carbocycles. The lowest BCUT2D eigenvalue weighted by Crippen LogP contribution is -2.13. The number of aromatic nitrogens is 3. The lowest BCUT2D eigenvalue weighted by atomic mass is 10.1. The maximum Gasteiger partial charge on any atom is 0.254 e. The fourth-order valence-electron chi connectivity index (χ4n) is 3.43. The Kier molecular flexibility index (Phi) is 7.98. The fourth-order valence-corrected chi connectivity index (χ4v) is 3.99. The molecule has 12 heteroatoms. The third kappa shape index (κ3) is 6.22. The Morgan fingerprint density at radius 2 is 1.95 bits per heavy atom. The molecule has 0 aliphatic rings. The highest BCUT2D eigenvalue weighted by atomic mass is 32.2. The zero-order valence-electron chi connectivity index (χ0n) is 20.1. The number of carbonyl (C=O) groups is 1. The van der Waals surface area contributed by atoms with Crippen LogP contribution >= 0.6 is 0 Å². The van der Waals surface area contributed by atoms with Crippen molar-refractivity contribution in [3.8, 4) is 22.9 Å². The Bertz CT molecular complexity index is 1430. The number of ether oxygens (including phenoxy) is 2. The molecule has 4 aromatic rings. The number of aromatic amines is 1. The van der Waals surface area contributed by atoms with Crippen LogP contribution in [0.5, 0.6) is 11.6 Å². The summed E-state index contributed by atoms with van der Waals surface area (Å²) in [5.74, 6) is 0.327. The van der Waals surface area contributed by atoms with Gasteiger partial charge in [0.1, 0.15) is 34.7 Å². The summed E-state index contributed by atoms with van der Waals surface area (Å²) < 4.78 is 39.5. The number of halogens is 1. The number of nitrogens with zero attached hydrogens (tertiary/aromatic N) is 2. The minimum absolute atomic E-state index is 0.137. The molecular weight excluding hydrogens is 499 g/mol. The number of nitrogens with one attached hydrogen (secondary N) is 3. The van der Waals surface area contributed by atoms with Crippen molar-refractivity contribution < 1.29 is 22.9 Å². The molecule has 0 saturated carbocycles. The van der Waals surface area contributed by atoms with E-state index in [1.807, 2.05) is 0 Å². The number of pyridine rings is 1. The number of primary amides is 1. The minimum atomic E-state index is -1.32. The molecular formula is C25H25FN6O4S. The van der Waals surface area contributed by atoms with Crippen LogP contribution in [0.3, 0.4) is 0 Å². The first-order valence-electron chi connectivity index (χ1n) is 11.2. The summed E-state index contributed by atoms with van der Waals surface area (Å²) >= 11 is 0. The van der Waals surface area contributed by atoms with Gasteiger partial charge in [0, 0.05) is 29.3 Å². The second kappa shape index (κ2) is 11.5. The molecule has 192 valence electrons. The second-order valence-electron chi connectivity index (χ2n) is 7.76. The normalized spacial score (nSPS) is 11.5. The number of H-pyrrole nitrogens is 1. The number of amides is 1. The highest BCUT2D eigenvalue weighted by Crippen LogP contribution is 2.35. The standard InChI is InChI=1S/C25H25FN6O4S/c1-3-37(34)32-19-9-6-16(12-20(19)36-14-15-4-7-17(26)8-5-15)23-22(24(27)33)25(31-30-23)29-18-10-11-28-21(13-18)35-2/h4-13,32H,3,14H2,1-2H3,(H2,27,33)(H2,28,29,30,31). The topological polar surface area (TPSA) is 144 Å². The third-order valence-corrected chi connectivity index (χ3v) is 6.26. The summed E-state index contributed by atoms with van der Waals surface area (Å²) in [5, 5.41) is 10.2. The van der Waals surface area contributed by atoms with Crippen LogP contribution in [0.1, 0.15) is 22.8 Å². The van der Waals surface area contributed by atoms with Crippen molar-refractivity contribution in [2.45, 2.75) is 13.5 Å². The summed E-state index contributed by atoms with van der Waals surface area (Å²) in [6, 6.07) is 14.3. The van der Waals surface area contributed by atoms with E-state index in [9.17, 15) is 13.4 Å². The van der Waals surface area contributed by atoms with Gasteiger partial charge >= 0.3 is 0 Å². The Morgan fingerprint density at radius 1 is 1.16 bits per heavy atom. The molecule has 2 heterocycles. The summed E-state index contributed by atoms with van der Waals surface area (Å²) in [4.78, 5) is 16.5. The summed E-state index contributed by atoms with van der Waals surface area (Å²) in [5.41, 5.74) is 8.61. The molecule has 1 unspecified atom stereocenters. The SMILES string of the molecule is CCS(=O)Nc1ccc(-c2[nH]nc(Nc3ccnc(OC)c3)c2C(N)=O)cc1OCc1ccc(F)cc1. The number of rotatable bonds is 11. The number of nitrogens with two attached hydrogens (primary N) is 1. The zero-order chi connectivity index (χ0) is 26.4. The van der Waals surface area contributed by atoms with Crippen LogP contribution in [0.2, 0.25) is 0 Å². The van der Waals surface area contributed by atoms with E-state index < -0.39 is 16.9 Å². The molecule has 2 aromatic heterocycles. The van der Waals surface area contributed by atoms with Crippen LogP contribution < -0.4 is 25.2 Å². The predicted octanol–water partition coefficient (Wildman–Crippen LogP) is 4.14. The van der Waals surface area contributed by atoms with Gasteiger partial charge in [0.05, 0.1) is 18.5 Å². The van der Waals surface area contributed by atoms with Gasteiger partial charge in [0.2, 0.25) is 5.88 Å². The molecule has 4 rings (SSSR count). The zero-order valence-corrected chi connectivity index (χ0v) is 20.9. The Hall–Kier alpha value is -4.45. The molecule has 0 aliphatic carbocycles. The largest absolute Gasteiger partial charge is 0.487 e. The average molecular weight is 525 g/mol. The molecule has 0 saturated heterocycles. The molecule has 5 N–H and O–H groups in total. The number of hydrogen-bond donors (Lipinski definition) is 4. The van der Waals surface area contributed by atoms with E-state index in [0.29, 0.717) is 40.0 Å². The smallest absolute Gasteiger partial charge is 0.254 e. The second-order valence-corrected chi connectivity index (χ2v) is 9.23. The lowest BCUT2D eigenvalue weighted by molar-refractivity contribution is 0.100. The van der Waals surface area contributed by atoms with E-state index in [2.05, 4.69) is 25.2 Å². The van der Waals surface area contributed by atoms with Crippen molar-refractivity contribution in [2.24, 2.45) is 5.73 Å². The van der Waals surface area contributed by atoms with Gasteiger partial charge in [-0.05, 0) is 35.9 Å². The van der Waals surface area contributed by atoms with Gasteiger partial charge in [-0.2, -0.15) is 5.10 Å². The number of carbonyl (C=O) groups excluding carboxylic acids is 1. The summed E-state index contributed by atoms with van der Waals surface area (Å²) in [7, 11) is 0.175. The number of hydrogen-bond acceptors (Lipinski definition) is 7. The first kappa shape index (κ1) is 25.6. The molecule has 1 amide bonds. The van der Waals surface area contributed by atoms with Crippen molar-refractivity contribution in [1.29, 1.82) is 0 Å². The third-order valence-electron chi connectivity index (χ3n) is 5.28. The predicted molar refractivity (Wildman–Crippen MR) is 140 cm³/mol. The van der Waals surface area contributed by atoms with Crippen LogP contribution in [-0.2, 0) is 17.6 Å². The molecule has 1 atom stereocenters. The van der Waals surface area contributed by atoms with E-state index in [1.54, 1.807) is 55.6 Å². The van der Waals surface area contributed by atoms with Crippen molar-refractivity contribution in [1.82, 2.24) is 15.2 Å². The number of benzene rings is 2. The minimum Gasteiger partial charge on any atom is -0.487 e. The first-order valence-corrected chi connectivity index (χ1v) is 12.5. The number of anilines is 3. The van der Waals surface area contributed by atoms with Crippen molar-refractivity contribution in [3.63, 3.8) is 0 Å². The maximum absolute atomic E-state index is 13.3. The van der Waals surface area contributed by atoms with E-state index in [0.717, 1.165) is 5.56 Å². The van der Waals surface area contributed by atoms with Gasteiger partial charge in [-0.1, -0.05) is 25.1 Å². The van der Waals surface area contributed by atoms with Crippen LogP contribution in [0.25, 0.3) is 11.3 Å². The van der Waals surface area contributed by atoms with E-state index >= 15 is 0 Å². The molecule has 0 bridgehead atoms. The van der Waals surface area contributed by atoms with Gasteiger partial charge in [-0.25, -0.2) is 13.6 Å².